The number of aliphatic hydroxyl groups excluding tert-OH is 1. The minimum Gasteiger partial charge on any atom is -0.493 e. The average molecular weight is 462 g/mol. The molecule has 0 bridgehead atoms. The summed E-state index contributed by atoms with van der Waals surface area (Å²) in [6.07, 6.45) is 2.35. The van der Waals surface area contributed by atoms with Crippen molar-refractivity contribution in [2.75, 3.05) is 53.5 Å². The Morgan fingerprint density at radius 1 is 0.848 bits per heavy atom. The highest BCUT2D eigenvalue weighted by atomic mass is 16.5. The molecule has 33 heavy (non-hydrogen) atoms. The Morgan fingerprint density at radius 3 is 1.88 bits per heavy atom. The zero-order valence-electron chi connectivity index (χ0n) is 20.1. The van der Waals surface area contributed by atoms with Crippen LogP contribution in [0.2, 0.25) is 0 Å². The number of ether oxygens (including phenoxy) is 6. The lowest BCUT2D eigenvalue weighted by Gasteiger charge is -2.21. The number of anilines is 1. The average Bonchev–Trinajstić information content (AvgIpc) is 3.35. The number of rotatable bonds is 12. The second-order valence-corrected chi connectivity index (χ2v) is 7.75. The van der Waals surface area contributed by atoms with Gasteiger partial charge in [0.05, 0.1) is 59.5 Å². The van der Waals surface area contributed by atoms with Gasteiger partial charge in [0.15, 0.2) is 23.0 Å². The fourth-order valence-corrected chi connectivity index (χ4v) is 4.05. The molecule has 2 N–H and O–H groups in total. The zero-order valence-corrected chi connectivity index (χ0v) is 20.1. The van der Waals surface area contributed by atoms with Crippen molar-refractivity contribution in [2.45, 2.75) is 38.4 Å². The third-order valence-corrected chi connectivity index (χ3v) is 5.63. The summed E-state index contributed by atoms with van der Waals surface area (Å²) in [4.78, 5) is 0. The van der Waals surface area contributed by atoms with Gasteiger partial charge in [0.25, 0.3) is 0 Å². The molecule has 2 aromatic carbocycles. The van der Waals surface area contributed by atoms with Gasteiger partial charge < -0.3 is 38.8 Å². The molecule has 2 atom stereocenters. The van der Waals surface area contributed by atoms with Crippen molar-refractivity contribution in [1.82, 2.24) is 0 Å². The molecule has 1 fully saturated rings. The largest absolute Gasteiger partial charge is 0.493 e. The van der Waals surface area contributed by atoms with E-state index in [-0.39, 0.29) is 18.8 Å². The lowest BCUT2D eigenvalue weighted by atomic mass is 10.0. The van der Waals surface area contributed by atoms with Crippen molar-refractivity contribution < 1.29 is 33.5 Å². The molecule has 8 heteroatoms. The maximum atomic E-state index is 9.30. The molecular weight excluding hydrogens is 426 g/mol. The van der Waals surface area contributed by atoms with Crippen LogP contribution >= 0.6 is 0 Å². The third-order valence-electron chi connectivity index (χ3n) is 5.63. The van der Waals surface area contributed by atoms with E-state index in [1.165, 1.54) is 0 Å². The molecule has 2 unspecified atom stereocenters. The highest BCUT2D eigenvalue weighted by molar-refractivity contribution is 5.65. The molecule has 0 radical (unpaired) electrons. The topological polar surface area (TPSA) is 87.6 Å². The Morgan fingerprint density at radius 2 is 1.39 bits per heavy atom. The van der Waals surface area contributed by atoms with Gasteiger partial charge in [-0.05, 0) is 54.7 Å². The number of hydrogen-bond acceptors (Lipinski definition) is 8. The fourth-order valence-electron chi connectivity index (χ4n) is 4.05. The van der Waals surface area contributed by atoms with Crippen LogP contribution in [-0.2, 0) is 4.74 Å². The summed E-state index contributed by atoms with van der Waals surface area (Å²) >= 11 is 0. The Hall–Kier alpha value is -2.84. The van der Waals surface area contributed by atoms with Crippen molar-refractivity contribution in [3.05, 3.63) is 35.4 Å². The minimum absolute atomic E-state index is 0.0168. The van der Waals surface area contributed by atoms with Crippen LogP contribution in [0.4, 0.5) is 5.69 Å². The first-order valence-electron chi connectivity index (χ1n) is 11.2. The molecule has 0 saturated carbocycles. The summed E-state index contributed by atoms with van der Waals surface area (Å²) in [5.41, 5.74) is 2.75. The summed E-state index contributed by atoms with van der Waals surface area (Å²) in [7, 11) is 6.43. The Labute approximate surface area is 195 Å². The summed E-state index contributed by atoms with van der Waals surface area (Å²) in [6.45, 7) is 3.06. The monoisotopic (exact) mass is 461 g/mol. The van der Waals surface area contributed by atoms with E-state index in [0.717, 1.165) is 36.1 Å². The molecular formula is C25H35NO7. The molecule has 8 nitrogen and oxygen atoms in total. The van der Waals surface area contributed by atoms with Crippen LogP contribution in [0.3, 0.4) is 0 Å². The van der Waals surface area contributed by atoms with Crippen molar-refractivity contribution in [3.63, 3.8) is 0 Å². The SMILES string of the molecule is CCCOc1c(NCCO)cc(C2CCC(c3cc(OC)c(OC)c(OC)c3)O2)cc1OC. The van der Waals surface area contributed by atoms with E-state index in [1.54, 1.807) is 28.4 Å². The van der Waals surface area contributed by atoms with Gasteiger partial charge in [-0.3, -0.25) is 0 Å². The summed E-state index contributed by atoms with van der Waals surface area (Å²) in [5, 5.41) is 12.5. The van der Waals surface area contributed by atoms with Gasteiger partial charge in [-0.15, -0.1) is 0 Å². The van der Waals surface area contributed by atoms with Gasteiger partial charge in [-0.1, -0.05) is 6.92 Å². The van der Waals surface area contributed by atoms with Crippen LogP contribution in [-0.4, -0.2) is 53.3 Å². The van der Waals surface area contributed by atoms with Gasteiger partial charge in [-0.25, -0.2) is 0 Å². The standard InChI is InChI=1S/C25H35NO7/c1-6-11-32-24-18(26-9-10-27)12-16(13-21(24)28-2)19-7-8-20(33-19)17-14-22(29-3)25(31-5)23(15-17)30-4/h12-15,19-20,26-27H,6-11H2,1-5H3. The quantitative estimate of drug-likeness (QED) is 0.478. The highest BCUT2D eigenvalue weighted by Gasteiger charge is 2.31. The maximum Gasteiger partial charge on any atom is 0.203 e. The molecule has 1 heterocycles. The van der Waals surface area contributed by atoms with Gasteiger partial charge >= 0.3 is 0 Å². The number of nitrogens with one attached hydrogen (secondary N) is 1. The molecule has 1 saturated heterocycles. The first kappa shape index (κ1) is 24.8. The van der Waals surface area contributed by atoms with Crippen LogP contribution in [0.1, 0.15) is 49.5 Å². The molecule has 2 aromatic rings. The number of aliphatic hydroxyl groups is 1. The Bertz CT molecular complexity index is 893. The summed E-state index contributed by atoms with van der Waals surface area (Å²) in [5.74, 6) is 3.06. The van der Waals surface area contributed by atoms with Crippen molar-refractivity contribution in [3.8, 4) is 28.7 Å². The van der Waals surface area contributed by atoms with Crippen LogP contribution in [0, 0.1) is 0 Å². The summed E-state index contributed by atoms with van der Waals surface area (Å²) < 4.78 is 34.5. The molecule has 3 rings (SSSR count). The molecule has 0 amide bonds. The van der Waals surface area contributed by atoms with E-state index >= 15 is 0 Å². The number of methoxy groups -OCH3 is 4. The highest BCUT2D eigenvalue weighted by Crippen LogP contribution is 2.48. The van der Waals surface area contributed by atoms with Gasteiger partial charge in [0.2, 0.25) is 5.75 Å². The first-order chi connectivity index (χ1) is 16.1. The van der Waals surface area contributed by atoms with E-state index in [0.29, 0.717) is 41.9 Å². The predicted octanol–water partition coefficient (Wildman–Crippen LogP) is 4.51. The molecule has 0 aliphatic carbocycles. The van der Waals surface area contributed by atoms with Crippen LogP contribution in [0.15, 0.2) is 24.3 Å². The Kier molecular flexibility index (Phi) is 8.91. The molecule has 182 valence electrons. The van der Waals surface area contributed by atoms with Gasteiger partial charge in [0, 0.05) is 6.54 Å². The second kappa shape index (κ2) is 11.9. The minimum atomic E-state index is -0.113. The van der Waals surface area contributed by atoms with E-state index < -0.39 is 0 Å². The molecule has 0 aromatic heterocycles. The van der Waals surface area contributed by atoms with Crippen LogP contribution in [0.5, 0.6) is 28.7 Å². The van der Waals surface area contributed by atoms with Crippen LogP contribution < -0.4 is 29.0 Å². The third kappa shape index (κ3) is 5.57. The lowest BCUT2D eigenvalue weighted by molar-refractivity contribution is 0.0437. The molecule has 1 aliphatic heterocycles. The van der Waals surface area contributed by atoms with E-state index in [2.05, 4.69) is 12.2 Å². The second-order valence-electron chi connectivity index (χ2n) is 7.75. The first-order valence-corrected chi connectivity index (χ1v) is 11.2. The zero-order chi connectivity index (χ0) is 23.8. The van der Waals surface area contributed by atoms with Gasteiger partial charge in [-0.2, -0.15) is 0 Å². The van der Waals surface area contributed by atoms with E-state index in [9.17, 15) is 5.11 Å². The predicted molar refractivity (Wildman–Crippen MR) is 126 cm³/mol. The Balaban J connectivity index is 1.88. The maximum absolute atomic E-state index is 9.30. The number of benzene rings is 2. The fraction of sp³-hybridized carbons (Fsp3) is 0.520. The van der Waals surface area contributed by atoms with Crippen molar-refractivity contribution in [1.29, 1.82) is 0 Å². The summed E-state index contributed by atoms with van der Waals surface area (Å²) in [6, 6.07) is 7.86. The van der Waals surface area contributed by atoms with Crippen LogP contribution in [0.25, 0.3) is 0 Å². The van der Waals surface area contributed by atoms with E-state index in [4.69, 9.17) is 28.4 Å². The van der Waals surface area contributed by atoms with Crippen molar-refractivity contribution in [2.24, 2.45) is 0 Å². The lowest BCUT2D eigenvalue weighted by Crippen LogP contribution is -2.10. The molecule has 1 aliphatic rings. The number of hydrogen-bond donors (Lipinski definition) is 2. The van der Waals surface area contributed by atoms with Crippen molar-refractivity contribution >= 4 is 5.69 Å². The smallest absolute Gasteiger partial charge is 0.203 e. The van der Waals surface area contributed by atoms with E-state index in [1.807, 2.05) is 24.3 Å². The normalized spacial score (nSPS) is 17.5. The van der Waals surface area contributed by atoms with Gasteiger partial charge in [0.1, 0.15) is 0 Å². The molecule has 0 spiro atoms.